The van der Waals surface area contributed by atoms with Crippen LogP contribution in [0.2, 0.25) is 0 Å². The van der Waals surface area contributed by atoms with Crippen molar-refractivity contribution in [1.29, 1.82) is 0 Å². The number of anilines is 2. The Kier molecular flexibility index (Phi) is 8.37. The SMILES string of the molecule is COc1cccc(NC(=O)CN(C)C(=O)C[NH+](C)CC(=O)Nc2ccc(C)cc2)c1. The standard InChI is InChI=1S/C22H28N4O4/c1-16-8-10-17(11-9-16)23-20(27)13-25(2)15-22(29)26(3)14-21(28)24-18-6-5-7-19(12-18)30-4/h5-12H,13-15H2,1-4H3,(H,23,27)(H,24,28)/p+1. The van der Waals surface area contributed by atoms with Gasteiger partial charge in [-0.3, -0.25) is 14.4 Å². The van der Waals surface area contributed by atoms with Gasteiger partial charge in [-0.1, -0.05) is 23.8 Å². The van der Waals surface area contributed by atoms with Gasteiger partial charge in [0.15, 0.2) is 13.1 Å². The zero-order chi connectivity index (χ0) is 22.1. The minimum Gasteiger partial charge on any atom is -0.497 e. The van der Waals surface area contributed by atoms with Crippen LogP contribution in [0.5, 0.6) is 5.75 Å². The first-order valence-corrected chi connectivity index (χ1v) is 9.62. The number of quaternary nitrogens is 1. The molecule has 160 valence electrons. The van der Waals surface area contributed by atoms with Crippen LogP contribution in [0.1, 0.15) is 5.56 Å². The summed E-state index contributed by atoms with van der Waals surface area (Å²) in [5.74, 6) is -0.0840. The van der Waals surface area contributed by atoms with Gasteiger partial charge in [0.2, 0.25) is 5.91 Å². The van der Waals surface area contributed by atoms with E-state index >= 15 is 0 Å². The molecule has 0 radical (unpaired) electrons. The van der Waals surface area contributed by atoms with Gasteiger partial charge in [-0.05, 0) is 31.2 Å². The molecule has 0 aliphatic heterocycles. The normalized spacial score (nSPS) is 11.3. The lowest BCUT2D eigenvalue weighted by molar-refractivity contribution is -0.862. The Bertz CT molecular complexity index is 883. The van der Waals surface area contributed by atoms with Crippen LogP contribution in [0, 0.1) is 6.92 Å². The fourth-order valence-electron chi connectivity index (χ4n) is 2.78. The van der Waals surface area contributed by atoms with E-state index in [2.05, 4.69) is 10.6 Å². The molecule has 2 rings (SSSR count). The molecule has 1 unspecified atom stereocenters. The Hall–Kier alpha value is -3.39. The maximum absolute atomic E-state index is 12.4. The van der Waals surface area contributed by atoms with Crippen LogP contribution < -0.4 is 20.3 Å². The molecule has 0 aliphatic rings. The molecule has 8 heteroatoms. The number of carbonyl (C=O) groups is 3. The monoisotopic (exact) mass is 413 g/mol. The first-order valence-electron chi connectivity index (χ1n) is 9.62. The average molecular weight is 413 g/mol. The molecular weight excluding hydrogens is 384 g/mol. The molecule has 3 amide bonds. The molecule has 30 heavy (non-hydrogen) atoms. The maximum atomic E-state index is 12.4. The van der Waals surface area contributed by atoms with Crippen molar-refractivity contribution >= 4 is 29.1 Å². The molecular formula is C22H29N4O4+. The van der Waals surface area contributed by atoms with E-state index in [-0.39, 0.29) is 37.4 Å². The third kappa shape index (κ3) is 7.56. The molecule has 0 fully saturated rings. The van der Waals surface area contributed by atoms with Crippen LogP contribution in [-0.4, -0.2) is 63.5 Å². The summed E-state index contributed by atoms with van der Waals surface area (Å²) in [7, 11) is 4.87. The number of amides is 3. The third-order valence-electron chi connectivity index (χ3n) is 4.41. The summed E-state index contributed by atoms with van der Waals surface area (Å²) in [6.07, 6.45) is 0. The predicted molar refractivity (Wildman–Crippen MR) is 116 cm³/mol. The number of ether oxygens (including phenoxy) is 1. The van der Waals surface area contributed by atoms with Crippen LogP contribution >= 0.6 is 0 Å². The van der Waals surface area contributed by atoms with Crippen molar-refractivity contribution in [1.82, 2.24) is 4.90 Å². The van der Waals surface area contributed by atoms with E-state index < -0.39 is 0 Å². The van der Waals surface area contributed by atoms with Crippen molar-refractivity contribution in [2.24, 2.45) is 0 Å². The lowest BCUT2D eigenvalue weighted by atomic mass is 10.2. The molecule has 8 nitrogen and oxygen atoms in total. The minimum atomic E-state index is -0.311. The van der Waals surface area contributed by atoms with Crippen LogP contribution in [0.3, 0.4) is 0 Å². The first kappa shape index (κ1) is 22.9. The highest BCUT2D eigenvalue weighted by atomic mass is 16.5. The average Bonchev–Trinajstić information content (AvgIpc) is 2.69. The number of carbonyl (C=O) groups excluding carboxylic acids is 3. The highest BCUT2D eigenvalue weighted by molar-refractivity contribution is 5.95. The number of hydrogen-bond donors (Lipinski definition) is 3. The van der Waals surface area contributed by atoms with Gasteiger partial charge >= 0.3 is 0 Å². The molecule has 3 N–H and O–H groups in total. The molecule has 2 aromatic rings. The minimum absolute atomic E-state index is 0.0844. The van der Waals surface area contributed by atoms with Crippen molar-refractivity contribution in [3.8, 4) is 5.75 Å². The molecule has 0 heterocycles. The Labute approximate surface area is 176 Å². The van der Waals surface area contributed by atoms with E-state index in [9.17, 15) is 14.4 Å². The third-order valence-corrected chi connectivity index (χ3v) is 4.41. The second-order valence-corrected chi connectivity index (χ2v) is 7.25. The number of hydrogen-bond acceptors (Lipinski definition) is 4. The number of nitrogens with one attached hydrogen (secondary N) is 3. The van der Waals surface area contributed by atoms with Gasteiger partial charge in [0.25, 0.3) is 11.8 Å². The van der Waals surface area contributed by atoms with Gasteiger partial charge in [0.05, 0.1) is 20.7 Å². The predicted octanol–water partition coefficient (Wildman–Crippen LogP) is 0.554. The number of nitrogens with zero attached hydrogens (tertiary/aromatic N) is 1. The van der Waals surface area contributed by atoms with Crippen LogP contribution in [0.4, 0.5) is 11.4 Å². The summed E-state index contributed by atoms with van der Waals surface area (Å²) in [6, 6.07) is 14.5. The van der Waals surface area contributed by atoms with Crippen molar-refractivity contribution in [3.63, 3.8) is 0 Å². The van der Waals surface area contributed by atoms with E-state index in [0.717, 1.165) is 16.2 Å². The van der Waals surface area contributed by atoms with Crippen molar-refractivity contribution < 1.29 is 24.0 Å². The van der Waals surface area contributed by atoms with Gasteiger partial charge in [-0.2, -0.15) is 0 Å². The molecule has 2 aromatic carbocycles. The Morgan fingerprint density at radius 2 is 1.63 bits per heavy atom. The summed E-state index contributed by atoms with van der Waals surface area (Å²) < 4.78 is 5.12. The van der Waals surface area contributed by atoms with Crippen LogP contribution in [-0.2, 0) is 14.4 Å². The molecule has 0 bridgehead atoms. The van der Waals surface area contributed by atoms with Crippen molar-refractivity contribution in [2.45, 2.75) is 6.92 Å². The highest BCUT2D eigenvalue weighted by Crippen LogP contribution is 2.16. The summed E-state index contributed by atoms with van der Waals surface area (Å²) >= 11 is 0. The van der Waals surface area contributed by atoms with E-state index in [1.807, 2.05) is 31.2 Å². The lowest BCUT2D eigenvalue weighted by Crippen LogP contribution is -3.11. The number of rotatable bonds is 9. The smallest absolute Gasteiger partial charge is 0.279 e. The highest BCUT2D eigenvalue weighted by Gasteiger charge is 2.19. The Morgan fingerprint density at radius 1 is 0.967 bits per heavy atom. The Balaban J connectivity index is 1.77. The first-order chi connectivity index (χ1) is 14.3. The van der Waals surface area contributed by atoms with Gasteiger partial charge in [0, 0.05) is 24.5 Å². The lowest BCUT2D eigenvalue weighted by Gasteiger charge is -2.19. The fourth-order valence-corrected chi connectivity index (χ4v) is 2.78. The van der Waals surface area contributed by atoms with Crippen molar-refractivity contribution in [2.75, 3.05) is 51.5 Å². The fraction of sp³-hybridized carbons (Fsp3) is 0.318. The van der Waals surface area contributed by atoms with E-state index in [1.165, 1.54) is 4.90 Å². The summed E-state index contributed by atoms with van der Waals surface area (Å²) in [5.41, 5.74) is 2.42. The van der Waals surface area contributed by atoms with Gasteiger partial charge in [0.1, 0.15) is 5.75 Å². The topological polar surface area (TPSA) is 92.2 Å². The Morgan fingerprint density at radius 3 is 2.30 bits per heavy atom. The van der Waals surface area contributed by atoms with Gasteiger partial charge < -0.3 is 25.2 Å². The molecule has 0 aliphatic carbocycles. The van der Waals surface area contributed by atoms with Crippen LogP contribution in [0.15, 0.2) is 48.5 Å². The van der Waals surface area contributed by atoms with Crippen molar-refractivity contribution in [3.05, 3.63) is 54.1 Å². The molecule has 0 aromatic heterocycles. The summed E-state index contributed by atoms with van der Waals surface area (Å²) in [5, 5.41) is 5.55. The maximum Gasteiger partial charge on any atom is 0.279 e. The quantitative estimate of drug-likeness (QED) is 0.560. The van der Waals surface area contributed by atoms with Gasteiger partial charge in [-0.25, -0.2) is 0 Å². The number of benzene rings is 2. The largest absolute Gasteiger partial charge is 0.497 e. The number of methoxy groups -OCH3 is 1. The number of aryl methyl sites for hydroxylation is 1. The zero-order valence-corrected chi connectivity index (χ0v) is 17.8. The molecule has 0 saturated heterocycles. The molecule has 0 saturated carbocycles. The van der Waals surface area contributed by atoms with Crippen LogP contribution in [0.25, 0.3) is 0 Å². The van der Waals surface area contributed by atoms with E-state index in [1.54, 1.807) is 45.5 Å². The number of likely N-dealkylation sites (N-methyl/N-ethyl adjacent to an activating group) is 2. The molecule has 0 spiro atoms. The summed E-state index contributed by atoms with van der Waals surface area (Å²) in [4.78, 5) is 38.8. The van der Waals surface area contributed by atoms with E-state index in [0.29, 0.717) is 11.4 Å². The zero-order valence-electron chi connectivity index (χ0n) is 17.8. The molecule has 1 atom stereocenters. The second-order valence-electron chi connectivity index (χ2n) is 7.25. The second kappa shape index (κ2) is 11.0. The van der Waals surface area contributed by atoms with Gasteiger partial charge in [-0.15, -0.1) is 0 Å². The summed E-state index contributed by atoms with van der Waals surface area (Å²) in [6.45, 7) is 2.13. The van der Waals surface area contributed by atoms with E-state index in [4.69, 9.17) is 4.74 Å².